The molecule has 8 heteroatoms. The number of likely N-dealkylation sites (tertiary alicyclic amines) is 1. The van der Waals surface area contributed by atoms with Crippen LogP contribution in [0.15, 0.2) is 24.3 Å². The van der Waals surface area contributed by atoms with Gasteiger partial charge in [-0.05, 0) is 39.0 Å². The summed E-state index contributed by atoms with van der Waals surface area (Å²) < 4.78 is 12.0. The number of fused-ring (bicyclic) bond motifs is 2. The molecular formula is C25H36N2O6. The van der Waals surface area contributed by atoms with E-state index < -0.39 is 35.6 Å². The Morgan fingerprint density at radius 1 is 1.18 bits per heavy atom. The van der Waals surface area contributed by atoms with Crippen molar-refractivity contribution in [2.24, 2.45) is 11.8 Å². The van der Waals surface area contributed by atoms with E-state index in [2.05, 4.69) is 6.92 Å². The van der Waals surface area contributed by atoms with Gasteiger partial charge in [-0.1, -0.05) is 37.6 Å². The third-order valence-electron chi connectivity index (χ3n) is 7.45. The number of nitrogens with zero attached hydrogens (tertiary/aromatic N) is 2. The van der Waals surface area contributed by atoms with Crippen molar-refractivity contribution >= 4 is 17.8 Å². The third kappa shape index (κ3) is 4.12. The maximum atomic E-state index is 14.0. The number of esters is 1. The molecule has 0 radical (unpaired) electrons. The molecule has 6 atom stereocenters. The van der Waals surface area contributed by atoms with Crippen LogP contribution in [0.1, 0.15) is 52.4 Å². The van der Waals surface area contributed by atoms with Crippen LogP contribution in [0.25, 0.3) is 0 Å². The average Bonchev–Trinajstić information content (AvgIpc) is 3.15. The summed E-state index contributed by atoms with van der Waals surface area (Å²) in [4.78, 5) is 44.3. The van der Waals surface area contributed by atoms with Gasteiger partial charge in [0, 0.05) is 25.7 Å². The lowest BCUT2D eigenvalue weighted by Crippen LogP contribution is -2.56. The average molecular weight is 461 g/mol. The van der Waals surface area contributed by atoms with Crippen molar-refractivity contribution in [1.82, 2.24) is 9.80 Å². The van der Waals surface area contributed by atoms with E-state index >= 15 is 0 Å². The van der Waals surface area contributed by atoms with Crippen molar-refractivity contribution < 1.29 is 29.0 Å². The van der Waals surface area contributed by atoms with Gasteiger partial charge in [-0.3, -0.25) is 14.4 Å². The van der Waals surface area contributed by atoms with Crippen LogP contribution >= 0.6 is 0 Å². The monoisotopic (exact) mass is 460 g/mol. The van der Waals surface area contributed by atoms with Gasteiger partial charge < -0.3 is 24.4 Å². The highest BCUT2D eigenvalue weighted by Gasteiger charge is 2.71. The Morgan fingerprint density at radius 3 is 2.76 bits per heavy atom. The Labute approximate surface area is 195 Å². The van der Waals surface area contributed by atoms with Crippen molar-refractivity contribution in [1.29, 1.82) is 0 Å². The van der Waals surface area contributed by atoms with Crippen LogP contribution < -0.4 is 0 Å². The molecule has 8 nitrogen and oxygen atoms in total. The van der Waals surface area contributed by atoms with Crippen molar-refractivity contribution in [3.8, 4) is 0 Å². The zero-order chi connectivity index (χ0) is 23.6. The summed E-state index contributed by atoms with van der Waals surface area (Å²) in [5.41, 5.74) is -1.19. The number of hydrogen-bond donors (Lipinski definition) is 1. The molecule has 2 fully saturated rings. The lowest BCUT2D eigenvalue weighted by atomic mass is 9.77. The van der Waals surface area contributed by atoms with Crippen LogP contribution in [0.4, 0.5) is 0 Å². The van der Waals surface area contributed by atoms with Crippen molar-refractivity contribution in [2.45, 2.75) is 76.2 Å². The van der Waals surface area contributed by atoms with E-state index in [9.17, 15) is 14.4 Å². The summed E-state index contributed by atoms with van der Waals surface area (Å²) in [7, 11) is 0. The Morgan fingerprint density at radius 2 is 2.00 bits per heavy atom. The molecule has 2 unspecified atom stereocenters. The maximum Gasteiger partial charge on any atom is 0.312 e. The van der Waals surface area contributed by atoms with Gasteiger partial charge >= 0.3 is 5.97 Å². The Hall–Kier alpha value is -2.19. The minimum atomic E-state index is -1.19. The first kappa shape index (κ1) is 24.0. The second-order valence-corrected chi connectivity index (χ2v) is 9.57. The summed E-state index contributed by atoms with van der Waals surface area (Å²) >= 11 is 0. The summed E-state index contributed by atoms with van der Waals surface area (Å²) in [6, 6.07) is -0.774. The van der Waals surface area contributed by atoms with Gasteiger partial charge in [0.1, 0.15) is 17.6 Å². The molecule has 4 aliphatic heterocycles. The Bertz CT molecular complexity index is 826. The normalized spacial score (nSPS) is 34.3. The van der Waals surface area contributed by atoms with Crippen LogP contribution in [0, 0.1) is 11.8 Å². The summed E-state index contributed by atoms with van der Waals surface area (Å²) in [6.07, 6.45) is 11.5. The number of carbonyl (C=O) groups excluding carboxylic acids is 3. The molecule has 182 valence electrons. The summed E-state index contributed by atoms with van der Waals surface area (Å²) in [5.74, 6) is -2.32. The van der Waals surface area contributed by atoms with Crippen LogP contribution in [0.2, 0.25) is 0 Å². The fourth-order valence-electron chi connectivity index (χ4n) is 5.91. The van der Waals surface area contributed by atoms with Crippen molar-refractivity contribution in [3.05, 3.63) is 24.3 Å². The number of carbonyl (C=O) groups is 3. The van der Waals surface area contributed by atoms with E-state index in [0.717, 1.165) is 19.3 Å². The van der Waals surface area contributed by atoms with Crippen LogP contribution in [0.5, 0.6) is 0 Å². The van der Waals surface area contributed by atoms with Crippen LogP contribution in [0.3, 0.4) is 0 Å². The topological polar surface area (TPSA) is 96.4 Å². The highest BCUT2D eigenvalue weighted by molar-refractivity contribution is 5.99. The molecule has 2 amide bonds. The summed E-state index contributed by atoms with van der Waals surface area (Å²) in [6.45, 7) is 5.35. The standard InChI is InChI=1S/C25H36N2O6/c1-3-10-17(2)26-14-9-12-25-20(19-18(33-25)11-5-8-16-32-24(19)31)22(29)27(21(25)23(26)30)13-6-4-7-15-28/h5,9,11-12,17-21,28H,3-4,6-8,10,13-16H2,1-2H3/t17?,18-,19+,20-,21?,25-/m0/s1. The SMILES string of the molecule is CCCC(C)N1CC=C[C@]23O[C@H]4C=CCCOC(=O)[C@H]4[C@H]2C(=O)N(CCCCCO)C3C1=O. The minimum Gasteiger partial charge on any atom is -0.465 e. The van der Waals surface area contributed by atoms with Crippen LogP contribution in [-0.2, 0) is 23.9 Å². The number of hydrogen-bond acceptors (Lipinski definition) is 6. The number of aliphatic hydroxyl groups is 1. The number of rotatable bonds is 8. The van der Waals surface area contributed by atoms with Gasteiger partial charge in [0.05, 0.1) is 18.6 Å². The smallest absolute Gasteiger partial charge is 0.312 e. The fraction of sp³-hybridized carbons (Fsp3) is 0.720. The van der Waals surface area contributed by atoms with E-state index in [1.807, 2.05) is 36.1 Å². The van der Waals surface area contributed by atoms with Gasteiger partial charge in [0.15, 0.2) is 0 Å². The number of aliphatic hydroxyl groups excluding tert-OH is 1. The molecule has 2 saturated heterocycles. The molecule has 0 aliphatic carbocycles. The molecular weight excluding hydrogens is 424 g/mol. The van der Waals surface area contributed by atoms with Gasteiger partial charge in [-0.25, -0.2) is 0 Å². The number of amides is 2. The Balaban J connectivity index is 1.73. The number of ether oxygens (including phenoxy) is 2. The molecule has 4 rings (SSSR count). The zero-order valence-corrected chi connectivity index (χ0v) is 19.7. The first-order valence-corrected chi connectivity index (χ1v) is 12.4. The predicted octanol–water partition coefficient (Wildman–Crippen LogP) is 1.82. The molecule has 33 heavy (non-hydrogen) atoms. The molecule has 4 aliphatic rings. The Kier molecular flexibility index (Phi) is 7.24. The molecule has 0 bridgehead atoms. The summed E-state index contributed by atoms with van der Waals surface area (Å²) in [5, 5.41) is 9.13. The quantitative estimate of drug-likeness (QED) is 0.337. The lowest BCUT2D eigenvalue weighted by molar-refractivity contribution is -0.155. The zero-order valence-electron chi connectivity index (χ0n) is 19.7. The molecule has 0 aromatic carbocycles. The molecule has 4 heterocycles. The van der Waals surface area contributed by atoms with Gasteiger partial charge in [-0.15, -0.1) is 0 Å². The highest BCUT2D eigenvalue weighted by Crippen LogP contribution is 2.53. The molecule has 1 spiro atoms. The number of cyclic esters (lactones) is 1. The second-order valence-electron chi connectivity index (χ2n) is 9.57. The van der Waals surface area contributed by atoms with Gasteiger partial charge in [0.2, 0.25) is 11.8 Å². The van der Waals surface area contributed by atoms with Crippen molar-refractivity contribution in [2.75, 3.05) is 26.3 Å². The van der Waals surface area contributed by atoms with E-state index in [1.54, 1.807) is 4.90 Å². The molecule has 0 aromatic heterocycles. The van der Waals surface area contributed by atoms with E-state index in [1.165, 1.54) is 0 Å². The third-order valence-corrected chi connectivity index (χ3v) is 7.45. The van der Waals surface area contributed by atoms with Gasteiger partial charge in [-0.2, -0.15) is 0 Å². The highest BCUT2D eigenvalue weighted by atomic mass is 16.6. The molecule has 0 saturated carbocycles. The fourth-order valence-corrected chi connectivity index (χ4v) is 5.91. The maximum absolute atomic E-state index is 14.0. The lowest BCUT2D eigenvalue weighted by Gasteiger charge is -2.37. The predicted molar refractivity (Wildman–Crippen MR) is 121 cm³/mol. The molecule has 1 N–H and O–H groups in total. The molecule has 0 aromatic rings. The minimum absolute atomic E-state index is 0.0348. The van der Waals surface area contributed by atoms with Crippen molar-refractivity contribution in [3.63, 3.8) is 0 Å². The van der Waals surface area contributed by atoms with Gasteiger partial charge in [0.25, 0.3) is 0 Å². The number of unbranched alkanes of at least 4 members (excludes halogenated alkanes) is 2. The van der Waals surface area contributed by atoms with E-state index in [0.29, 0.717) is 32.4 Å². The van der Waals surface area contributed by atoms with E-state index in [4.69, 9.17) is 14.6 Å². The van der Waals surface area contributed by atoms with Crippen LogP contribution in [-0.4, -0.2) is 82.8 Å². The largest absolute Gasteiger partial charge is 0.465 e. The second kappa shape index (κ2) is 9.97. The first-order valence-electron chi connectivity index (χ1n) is 12.4. The van der Waals surface area contributed by atoms with E-state index in [-0.39, 0.29) is 31.1 Å². The first-order chi connectivity index (χ1) is 16.0.